The number of benzene rings is 1. The summed E-state index contributed by atoms with van der Waals surface area (Å²) in [6, 6.07) is 9.62. The number of fused-ring (bicyclic) bond motifs is 1. The normalized spacial score (nSPS) is 11.1. The van der Waals surface area contributed by atoms with Crippen molar-refractivity contribution >= 4 is 17.0 Å². The van der Waals surface area contributed by atoms with Gasteiger partial charge in [-0.25, -0.2) is 4.79 Å². The number of nitriles is 1. The predicted molar refractivity (Wildman–Crippen MR) is 81.0 cm³/mol. The number of rotatable bonds is 3. The fourth-order valence-electron chi connectivity index (χ4n) is 2.01. The van der Waals surface area contributed by atoms with Crippen molar-refractivity contribution in [3.8, 4) is 6.07 Å². The lowest BCUT2D eigenvalue weighted by Crippen LogP contribution is -2.33. The number of carbonyl (C=O) groups is 1. The summed E-state index contributed by atoms with van der Waals surface area (Å²) >= 11 is 0. The quantitative estimate of drug-likeness (QED) is 0.909. The molecule has 0 saturated carbocycles. The van der Waals surface area contributed by atoms with E-state index in [2.05, 4.69) is 16.4 Å². The Morgan fingerprint density at radius 2 is 2.14 bits per heavy atom. The van der Waals surface area contributed by atoms with Gasteiger partial charge in [-0.05, 0) is 45.0 Å². The van der Waals surface area contributed by atoms with Crippen molar-refractivity contribution in [1.29, 1.82) is 5.26 Å². The van der Waals surface area contributed by atoms with E-state index in [1.165, 1.54) is 0 Å². The molecule has 0 aliphatic rings. The van der Waals surface area contributed by atoms with Crippen molar-refractivity contribution < 1.29 is 9.53 Å². The van der Waals surface area contributed by atoms with E-state index in [-0.39, 0.29) is 0 Å². The summed E-state index contributed by atoms with van der Waals surface area (Å²) in [4.78, 5) is 14.8. The van der Waals surface area contributed by atoms with Crippen LogP contribution in [0.4, 0.5) is 4.79 Å². The molecule has 2 N–H and O–H groups in total. The summed E-state index contributed by atoms with van der Waals surface area (Å²) in [7, 11) is 0. The second-order valence-corrected chi connectivity index (χ2v) is 5.89. The summed E-state index contributed by atoms with van der Waals surface area (Å²) in [6.45, 7) is 5.98. The van der Waals surface area contributed by atoms with E-state index in [1.807, 2.05) is 39.0 Å². The molecule has 5 heteroatoms. The van der Waals surface area contributed by atoms with Crippen molar-refractivity contribution in [2.24, 2.45) is 0 Å². The van der Waals surface area contributed by atoms with Crippen LogP contribution in [0, 0.1) is 11.3 Å². The van der Waals surface area contributed by atoms with Crippen LogP contribution in [0.1, 0.15) is 32.0 Å². The molecule has 110 valence electrons. The van der Waals surface area contributed by atoms with Gasteiger partial charge in [-0.1, -0.05) is 0 Å². The molecule has 0 spiro atoms. The number of hydrogen-bond donors (Lipinski definition) is 2. The molecule has 1 heterocycles. The average Bonchev–Trinajstić information content (AvgIpc) is 2.77. The van der Waals surface area contributed by atoms with Gasteiger partial charge in [0, 0.05) is 29.6 Å². The summed E-state index contributed by atoms with van der Waals surface area (Å²) in [5.74, 6) is 0. The second kappa shape index (κ2) is 5.88. The molecule has 0 aliphatic carbocycles. The highest BCUT2D eigenvalue weighted by molar-refractivity contribution is 5.81. The van der Waals surface area contributed by atoms with E-state index in [4.69, 9.17) is 10.00 Å². The van der Waals surface area contributed by atoms with E-state index in [0.717, 1.165) is 16.6 Å². The van der Waals surface area contributed by atoms with Gasteiger partial charge in [0.25, 0.3) is 0 Å². The number of amides is 1. The topological polar surface area (TPSA) is 77.9 Å². The van der Waals surface area contributed by atoms with E-state index >= 15 is 0 Å². The van der Waals surface area contributed by atoms with Gasteiger partial charge in [-0.15, -0.1) is 0 Å². The molecule has 0 aliphatic heterocycles. The largest absolute Gasteiger partial charge is 0.444 e. The van der Waals surface area contributed by atoms with Crippen molar-refractivity contribution in [2.75, 3.05) is 6.54 Å². The maximum absolute atomic E-state index is 11.5. The number of H-pyrrole nitrogens is 1. The molecule has 0 radical (unpaired) electrons. The summed E-state index contributed by atoms with van der Waals surface area (Å²) in [5, 5.41) is 12.6. The van der Waals surface area contributed by atoms with E-state index < -0.39 is 11.7 Å². The Bertz CT molecular complexity index is 690. The van der Waals surface area contributed by atoms with E-state index in [1.54, 1.807) is 6.07 Å². The van der Waals surface area contributed by atoms with Crippen LogP contribution < -0.4 is 5.32 Å². The van der Waals surface area contributed by atoms with Crippen LogP contribution in [-0.4, -0.2) is 23.2 Å². The third-order valence-electron chi connectivity index (χ3n) is 2.87. The van der Waals surface area contributed by atoms with Crippen molar-refractivity contribution in [1.82, 2.24) is 10.3 Å². The van der Waals surface area contributed by atoms with Crippen LogP contribution in [0.15, 0.2) is 24.3 Å². The van der Waals surface area contributed by atoms with Crippen molar-refractivity contribution in [3.63, 3.8) is 0 Å². The molecule has 0 saturated heterocycles. The summed E-state index contributed by atoms with van der Waals surface area (Å²) in [5.41, 5.74) is 2.15. The van der Waals surface area contributed by atoms with Crippen LogP contribution in [0.3, 0.4) is 0 Å². The van der Waals surface area contributed by atoms with Gasteiger partial charge in [0.15, 0.2) is 0 Å². The van der Waals surface area contributed by atoms with Crippen LogP contribution in [-0.2, 0) is 11.2 Å². The third-order valence-corrected chi connectivity index (χ3v) is 2.87. The molecule has 5 nitrogen and oxygen atoms in total. The number of nitrogens with zero attached hydrogens (tertiary/aromatic N) is 1. The third kappa shape index (κ3) is 4.25. The molecular formula is C16H19N3O2. The van der Waals surface area contributed by atoms with Gasteiger partial charge in [0.05, 0.1) is 11.6 Å². The Morgan fingerprint density at radius 3 is 2.81 bits per heavy atom. The van der Waals surface area contributed by atoms with Gasteiger partial charge in [0.2, 0.25) is 0 Å². The van der Waals surface area contributed by atoms with Crippen LogP contribution >= 0.6 is 0 Å². The number of nitrogens with one attached hydrogen (secondary N) is 2. The van der Waals surface area contributed by atoms with Crippen LogP contribution in [0.25, 0.3) is 10.9 Å². The SMILES string of the molecule is CC(C)(C)OC(=O)NCCc1cc2cc(C#N)ccc2[nH]1. The Morgan fingerprint density at radius 1 is 1.38 bits per heavy atom. The first-order valence-corrected chi connectivity index (χ1v) is 6.86. The standard InChI is InChI=1S/C16H19N3O2/c1-16(2,3)21-15(20)18-7-6-13-9-12-8-11(10-17)4-5-14(12)19-13/h4-5,8-9,19H,6-7H2,1-3H3,(H,18,20). The molecule has 2 rings (SSSR count). The van der Waals surface area contributed by atoms with E-state index in [9.17, 15) is 4.79 Å². The number of aromatic amines is 1. The van der Waals surface area contributed by atoms with Crippen LogP contribution in [0.5, 0.6) is 0 Å². The molecule has 1 aromatic carbocycles. The molecule has 2 aromatic rings. The minimum absolute atomic E-state index is 0.412. The molecule has 21 heavy (non-hydrogen) atoms. The predicted octanol–water partition coefficient (Wildman–Crippen LogP) is 3.11. The minimum atomic E-state index is -0.487. The Balaban J connectivity index is 1.92. The zero-order valence-electron chi connectivity index (χ0n) is 12.5. The molecular weight excluding hydrogens is 266 g/mol. The van der Waals surface area contributed by atoms with E-state index in [0.29, 0.717) is 18.5 Å². The fourth-order valence-corrected chi connectivity index (χ4v) is 2.01. The first-order valence-electron chi connectivity index (χ1n) is 6.86. The van der Waals surface area contributed by atoms with Gasteiger partial charge in [-0.2, -0.15) is 5.26 Å². The Labute approximate surface area is 123 Å². The Kier molecular flexibility index (Phi) is 4.18. The van der Waals surface area contributed by atoms with Crippen molar-refractivity contribution in [2.45, 2.75) is 32.8 Å². The average molecular weight is 285 g/mol. The number of aromatic nitrogens is 1. The first-order chi connectivity index (χ1) is 9.87. The monoisotopic (exact) mass is 285 g/mol. The van der Waals surface area contributed by atoms with Gasteiger partial charge in [-0.3, -0.25) is 0 Å². The fraction of sp³-hybridized carbons (Fsp3) is 0.375. The van der Waals surface area contributed by atoms with Gasteiger partial charge in [0.1, 0.15) is 5.60 Å². The molecule has 1 amide bonds. The lowest BCUT2D eigenvalue weighted by Gasteiger charge is -2.19. The zero-order chi connectivity index (χ0) is 15.5. The zero-order valence-corrected chi connectivity index (χ0v) is 12.5. The molecule has 0 bridgehead atoms. The van der Waals surface area contributed by atoms with Crippen LogP contribution in [0.2, 0.25) is 0 Å². The highest BCUT2D eigenvalue weighted by atomic mass is 16.6. The highest BCUT2D eigenvalue weighted by Gasteiger charge is 2.15. The first kappa shape index (κ1) is 14.9. The smallest absolute Gasteiger partial charge is 0.407 e. The number of ether oxygens (including phenoxy) is 1. The number of carbonyl (C=O) groups excluding carboxylic acids is 1. The minimum Gasteiger partial charge on any atom is -0.444 e. The molecule has 0 unspecified atom stereocenters. The maximum Gasteiger partial charge on any atom is 0.407 e. The summed E-state index contributed by atoms with van der Waals surface area (Å²) < 4.78 is 5.17. The number of hydrogen-bond acceptors (Lipinski definition) is 3. The van der Waals surface area contributed by atoms with Gasteiger partial charge >= 0.3 is 6.09 Å². The molecule has 0 fully saturated rings. The van der Waals surface area contributed by atoms with Gasteiger partial charge < -0.3 is 15.0 Å². The molecule has 1 aromatic heterocycles. The van der Waals surface area contributed by atoms with Crippen molar-refractivity contribution in [3.05, 3.63) is 35.5 Å². The Hall–Kier alpha value is -2.48. The maximum atomic E-state index is 11.5. The second-order valence-electron chi connectivity index (χ2n) is 5.89. The highest BCUT2D eigenvalue weighted by Crippen LogP contribution is 2.17. The molecule has 0 atom stereocenters. The summed E-state index contributed by atoms with van der Waals surface area (Å²) in [6.07, 6.45) is 0.265. The lowest BCUT2D eigenvalue weighted by molar-refractivity contribution is 0.0528. The number of alkyl carbamates (subject to hydrolysis) is 1. The lowest BCUT2D eigenvalue weighted by atomic mass is 10.2.